The van der Waals surface area contributed by atoms with E-state index in [0.29, 0.717) is 0 Å². The van der Waals surface area contributed by atoms with E-state index >= 15 is 0 Å². The van der Waals surface area contributed by atoms with Crippen molar-refractivity contribution in [2.75, 3.05) is 0 Å². The molecule has 0 fully saturated rings. The highest BCUT2D eigenvalue weighted by Gasteiger charge is 2.12. The van der Waals surface area contributed by atoms with Gasteiger partial charge < -0.3 is 9.47 Å². The van der Waals surface area contributed by atoms with Crippen LogP contribution in [-0.4, -0.2) is 6.29 Å². The summed E-state index contributed by atoms with van der Waals surface area (Å²) in [5, 5.41) is 0. The Morgan fingerprint density at radius 3 is 1.57 bits per heavy atom. The molecule has 0 saturated carbocycles. The number of hydrogen-bond acceptors (Lipinski definition) is 2. The number of benzene rings is 2. The Morgan fingerprint density at radius 2 is 1.19 bits per heavy atom. The van der Waals surface area contributed by atoms with Crippen LogP contribution in [0.2, 0.25) is 0 Å². The Hall–Kier alpha value is -1.96. The monoisotopic (exact) mass is 284 g/mol. The van der Waals surface area contributed by atoms with Crippen molar-refractivity contribution in [3.63, 3.8) is 0 Å². The van der Waals surface area contributed by atoms with Crippen molar-refractivity contribution >= 4 is 0 Å². The Balaban J connectivity index is 2.02. The summed E-state index contributed by atoms with van der Waals surface area (Å²) in [5.41, 5.74) is 2.46. The van der Waals surface area contributed by atoms with Gasteiger partial charge in [0.05, 0.1) is 0 Å². The summed E-state index contributed by atoms with van der Waals surface area (Å²) in [7, 11) is 0. The zero-order valence-electron chi connectivity index (χ0n) is 13.1. The molecule has 2 aromatic rings. The topological polar surface area (TPSA) is 18.5 Å². The maximum Gasteiger partial charge on any atom is 0.241 e. The minimum Gasteiger partial charge on any atom is -0.455 e. The molecule has 2 aromatic carbocycles. The van der Waals surface area contributed by atoms with E-state index in [0.717, 1.165) is 30.8 Å². The van der Waals surface area contributed by atoms with Crippen LogP contribution in [0.1, 0.15) is 37.3 Å². The van der Waals surface area contributed by atoms with E-state index in [1.54, 1.807) is 0 Å². The average Bonchev–Trinajstić information content (AvgIpc) is 2.49. The van der Waals surface area contributed by atoms with Gasteiger partial charge in [0, 0.05) is 6.42 Å². The van der Waals surface area contributed by atoms with Crippen molar-refractivity contribution in [3.05, 3.63) is 59.7 Å². The molecule has 0 aliphatic heterocycles. The first kappa shape index (κ1) is 15.4. The van der Waals surface area contributed by atoms with Gasteiger partial charge in [-0.05, 0) is 44.5 Å². The minimum absolute atomic E-state index is 0.240. The van der Waals surface area contributed by atoms with Crippen molar-refractivity contribution in [2.45, 2.75) is 46.3 Å². The lowest BCUT2D eigenvalue weighted by Crippen LogP contribution is -2.23. The van der Waals surface area contributed by atoms with Gasteiger partial charge in [0.1, 0.15) is 11.5 Å². The van der Waals surface area contributed by atoms with Crippen molar-refractivity contribution in [2.24, 2.45) is 0 Å². The molecule has 2 rings (SSSR count). The molecule has 0 spiro atoms. The third-order valence-electron chi connectivity index (χ3n) is 3.37. The Kier molecular flexibility index (Phi) is 5.68. The fourth-order valence-corrected chi connectivity index (χ4v) is 2.05. The highest BCUT2D eigenvalue weighted by molar-refractivity contribution is 5.28. The highest BCUT2D eigenvalue weighted by atomic mass is 16.7. The van der Waals surface area contributed by atoms with Gasteiger partial charge >= 0.3 is 0 Å². The Morgan fingerprint density at radius 1 is 0.762 bits per heavy atom. The van der Waals surface area contributed by atoms with E-state index in [1.807, 2.05) is 24.3 Å². The maximum absolute atomic E-state index is 5.98. The van der Waals surface area contributed by atoms with E-state index in [2.05, 4.69) is 45.0 Å². The van der Waals surface area contributed by atoms with E-state index in [9.17, 15) is 0 Å². The van der Waals surface area contributed by atoms with Crippen LogP contribution in [0.4, 0.5) is 0 Å². The van der Waals surface area contributed by atoms with E-state index in [1.165, 1.54) is 11.1 Å². The molecule has 21 heavy (non-hydrogen) atoms. The van der Waals surface area contributed by atoms with Crippen LogP contribution >= 0.6 is 0 Å². The average molecular weight is 284 g/mol. The Bertz CT molecular complexity index is 481. The first-order valence-electron chi connectivity index (χ1n) is 7.64. The summed E-state index contributed by atoms with van der Waals surface area (Å²) in [6.45, 7) is 6.32. The van der Waals surface area contributed by atoms with Crippen LogP contribution < -0.4 is 9.47 Å². The summed E-state index contributed by atoms with van der Waals surface area (Å²) in [5.74, 6) is 1.71. The van der Waals surface area contributed by atoms with Crippen molar-refractivity contribution in [1.29, 1.82) is 0 Å². The largest absolute Gasteiger partial charge is 0.455 e. The lowest BCUT2D eigenvalue weighted by Gasteiger charge is -2.20. The van der Waals surface area contributed by atoms with Gasteiger partial charge in [-0.3, -0.25) is 0 Å². The normalized spacial score (nSPS) is 10.7. The van der Waals surface area contributed by atoms with Crippen LogP contribution in [0, 0.1) is 13.8 Å². The van der Waals surface area contributed by atoms with Gasteiger partial charge in [-0.15, -0.1) is 0 Å². The molecule has 0 bridgehead atoms. The molecular weight excluding hydrogens is 260 g/mol. The second kappa shape index (κ2) is 7.72. The van der Waals surface area contributed by atoms with Crippen molar-refractivity contribution < 1.29 is 9.47 Å². The van der Waals surface area contributed by atoms with E-state index in [-0.39, 0.29) is 6.29 Å². The van der Waals surface area contributed by atoms with Gasteiger partial charge in [-0.25, -0.2) is 0 Å². The fraction of sp³-hybridized carbons (Fsp3) is 0.368. The lowest BCUT2D eigenvalue weighted by molar-refractivity contribution is -0.00213. The van der Waals surface area contributed by atoms with Gasteiger partial charge in [-0.2, -0.15) is 0 Å². The second-order valence-electron chi connectivity index (χ2n) is 5.43. The predicted octanol–water partition coefficient (Wildman–Crippen LogP) is 5.28. The van der Waals surface area contributed by atoms with Gasteiger partial charge in [0.25, 0.3) is 0 Å². The molecule has 2 nitrogen and oxygen atoms in total. The molecule has 2 heteroatoms. The zero-order chi connectivity index (χ0) is 15.1. The standard InChI is InChI=1S/C19H24O2/c1-4-5-6-19(20-17-11-7-15(2)8-12-17)21-18-13-9-16(3)10-14-18/h7-14,19H,4-6H2,1-3H3. The fourth-order valence-electron chi connectivity index (χ4n) is 2.05. The molecule has 0 unspecified atom stereocenters. The number of unbranched alkanes of at least 4 members (excludes halogenated alkanes) is 1. The van der Waals surface area contributed by atoms with Gasteiger partial charge in [0.2, 0.25) is 6.29 Å². The quantitative estimate of drug-likeness (QED) is 0.644. The molecule has 0 aliphatic carbocycles. The molecule has 0 radical (unpaired) electrons. The SMILES string of the molecule is CCCCC(Oc1ccc(C)cc1)Oc1ccc(C)cc1. The predicted molar refractivity (Wildman–Crippen MR) is 86.9 cm³/mol. The minimum atomic E-state index is -0.240. The summed E-state index contributed by atoms with van der Waals surface area (Å²) < 4.78 is 12.0. The molecular formula is C19H24O2. The summed E-state index contributed by atoms with van der Waals surface area (Å²) in [6, 6.07) is 16.2. The molecule has 0 saturated heterocycles. The first-order chi connectivity index (χ1) is 10.2. The van der Waals surface area contributed by atoms with Gasteiger partial charge in [-0.1, -0.05) is 48.7 Å². The first-order valence-corrected chi connectivity index (χ1v) is 7.64. The van der Waals surface area contributed by atoms with E-state index < -0.39 is 0 Å². The number of hydrogen-bond donors (Lipinski definition) is 0. The van der Waals surface area contributed by atoms with E-state index in [4.69, 9.17) is 9.47 Å². The maximum atomic E-state index is 5.98. The number of rotatable bonds is 7. The molecule has 0 aromatic heterocycles. The third-order valence-corrected chi connectivity index (χ3v) is 3.37. The summed E-state index contributed by atoms with van der Waals surface area (Å²) in [6.07, 6.45) is 2.86. The number of aryl methyl sites for hydroxylation is 2. The van der Waals surface area contributed by atoms with Crippen LogP contribution in [-0.2, 0) is 0 Å². The molecule has 0 aliphatic rings. The Labute approximate surface area is 127 Å². The lowest BCUT2D eigenvalue weighted by atomic mass is 10.2. The molecule has 0 amide bonds. The molecule has 0 heterocycles. The summed E-state index contributed by atoms with van der Waals surface area (Å²) in [4.78, 5) is 0. The smallest absolute Gasteiger partial charge is 0.241 e. The second-order valence-corrected chi connectivity index (χ2v) is 5.43. The van der Waals surface area contributed by atoms with Crippen LogP contribution in [0.15, 0.2) is 48.5 Å². The van der Waals surface area contributed by atoms with Crippen LogP contribution in [0.5, 0.6) is 11.5 Å². The molecule has 112 valence electrons. The third kappa shape index (κ3) is 5.14. The van der Waals surface area contributed by atoms with Crippen LogP contribution in [0.3, 0.4) is 0 Å². The van der Waals surface area contributed by atoms with Gasteiger partial charge in [0.15, 0.2) is 0 Å². The number of ether oxygens (including phenoxy) is 2. The highest BCUT2D eigenvalue weighted by Crippen LogP contribution is 2.20. The van der Waals surface area contributed by atoms with Crippen molar-refractivity contribution in [3.8, 4) is 11.5 Å². The van der Waals surface area contributed by atoms with Crippen LogP contribution in [0.25, 0.3) is 0 Å². The molecule has 0 N–H and O–H groups in total. The summed E-state index contributed by atoms with van der Waals surface area (Å²) >= 11 is 0. The molecule has 0 atom stereocenters. The zero-order valence-corrected chi connectivity index (χ0v) is 13.1. The van der Waals surface area contributed by atoms with Crippen molar-refractivity contribution in [1.82, 2.24) is 0 Å².